The Labute approximate surface area is 112 Å². The average molecular weight is 293 g/mol. The van der Waals surface area contributed by atoms with Gasteiger partial charge in [-0.2, -0.15) is 5.10 Å². The van der Waals surface area contributed by atoms with Crippen LogP contribution in [0.2, 0.25) is 5.02 Å². The van der Waals surface area contributed by atoms with Gasteiger partial charge in [0.2, 0.25) is 10.0 Å². The van der Waals surface area contributed by atoms with Gasteiger partial charge in [-0.15, -0.1) is 0 Å². The molecule has 1 aromatic rings. The number of piperidine rings is 1. The summed E-state index contributed by atoms with van der Waals surface area (Å²) >= 11 is 5.83. The van der Waals surface area contributed by atoms with Crippen molar-refractivity contribution in [1.82, 2.24) is 14.1 Å². The molecule has 0 aromatic carbocycles. The lowest BCUT2D eigenvalue weighted by Crippen LogP contribution is -2.40. The largest absolute Gasteiger partial charge is 0.381 e. The Kier molecular flexibility index (Phi) is 3.84. The number of rotatable bonds is 3. The fourth-order valence-corrected chi connectivity index (χ4v) is 3.34. The number of anilines is 1. The van der Waals surface area contributed by atoms with E-state index in [-0.39, 0.29) is 5.92 Å². The summed E-state index contributed by atoms with van der Waals surface area (Å²) in [5.41, 5.74) is 5.57. The summed E-state index contributed by atoms with van der Waals surface area (Å²) in [6.45, 7) is 1.79. The highest BCUT2D eigenvalue weighted by molar-refractivity contribution is 7.88. The second-order valence-corrected chi connectivity index (χ2v) is 7.10. The Morgan fingerprint density at radius 2 is 2.33 bits per heavy atom. The van der Waals surface area contributed by atoms with Crippen LogP contribution in [-0.2, 0) is 16.6 Å². The van der Waals surface area contributed by atoms with Crippen LogP contribution in [0.25, 0.3) is 0 Å². The molecule has 1 unspecified atom stereocenters. The van der Waals surface area contributed by atoms with E-state index in [1.165, 1.54) is 10.6 Å². The molecule has 0 amide bonds. The number of nitrogens with zero attached hydrogens (tertiary/aromatic N) is 3. The van der Waals surface area contributed by atoms with Crippen molar-refractivity contribution in [1.29, 1.82) is 0 Å². The van der Waals surface area contributed by atoms with Crippen molar-refractivity contribution in [3.05, 3.63) is 11.2 Å². The molecule has 0 radical (unpaired) electrons. The molecule has 2 heterocycles. The average Bonchev–Trinajstić information content (AvgIpc) is 2.57. The predicted molar refractivity (Wildman–Crippen MR) is 70.8 cm³/mol. The summed E-state index contributed by atoms with van der Waals surface area (Å²) in [7, 11) is -3.10. The Hall–Kier alpha value is -0.790. The van der Waals surface area contributed by atoms with E-state index in [9.17, 15) is 8.42 Å². The first-order chi connectivity index (χ1) is 8.36. The standard InChI is InChI=1S/C10H17ClN4O2S/c1-18(16,17)15-4-2-3-8(6-15)5-14-7-9(11)10(12)13-14/h7-8H,2-6H2,1H3,(H2,12,13). The normalized spacial score (nSPS) is 22.2. The second-order valence-electron chi connectivity index (χ2n) is 4.71. The lowest BCUT2D eigenvalue weighted by molar-refractivity contribution is 0.241. The minimum Gasteiger partial charge on any atom is -0.381 e. The first kappa shape index (κ1) is 13.6. The molecule has 2 N–H and O–H groups in total. The molecular weight excluding hydrogens is 276 g/mol. The van der Waals surface area contributed by atoms with Gasteiger partial charge in [0.05, 0.1) is 6.26 Å². The first-order valence-electron chi connectivity index (χ1n) is 5.80. The maximum Gasteiger partial charge on any atom is 0.211 e. The van der Waals surface area contributed by atoms with Gasteiger partial charge in [0.15, 0.2) is 5.82 Å². The van der Waals surface area contributed by atoms with Gasteiger partial charge < -0.3 is 5.73 Å². The zero-order valence-electron chi connectivity index (χ0n) is 10.2. The summed E-state index contributed by atoms with van der Waals surface area (Å²) in [5.74, 6) is 0.566. The van der Waals surface area contributed by atoms with Crippen molar-refractivity contribution < 1.29 is 8.42 Å². The molecule has 1 saturated heterocycles. The van der Waals surface area contributed by atoms with Crippen LogP contribution in [-0.4, -0.2) is 41.8 Å². The minimum absolute atomic E-state index is 0.254. The quantitative estimate of drug-likeness (QED) is 0.893. The van der Waals surface area contributed by atoms with Gasteiger partial charge in [-0.25, -0.2) is 12.7 Å². The van der Waals surface area contributed by atoms with Crippen molar-refractivity contribution in [3.63, 3.8) is 0 Å². The Morgan fingerprint density at radius 1 is 1.61 bits per heavy atom. The van der Waals surface area contributed by atoms with E-state index in [2.05, 4.69) is 5.10 Å². The van der Waals surface area contributed by atoms with Gasteiger partial charge in [-0.3, -0.25) is 4.68 Å². The van der Waals surface area contributed by atoms with Crippen LogP contribution in [0, 0.1) is 5.92 Å². The van der Waals surface area contributed by atoms with Gasteiger partial charge in [-0.1, -0.05) is 11.6 Å². The monoisotopic (exact) mass is 292 g/mol. The van der Waals surface area contributed by atoms with E-state index >= 15 is 0 Å². The summed E-state index contributed by atoms with van der Waals surface area (Å²) in [6.07, 6.45) is 4.79. The Balaban J connectivity index is 2.02. The molecule has 0 saturated carbocycles. The summed E-state index contributed by atoms with van der Waals surface area (Å²) in [5, 5.41) is 4.52. The van der Waals surface area contributed by atoms with Crippen LogP contribution in [0.4, 0.5) is 5.82 Å². The maximum atomic E-state index is 11.5. The molecule has 18 heavy (non-hydrogen) atoms. The summed E-state index contributed by atoms with van der Waals surface area (Å²) in [6, 6.07) is 0. The molecule has 1 aliphatic rings. The highest BCUT2D eigenvalue weighted by Crippen LogP contribution is 2.22. The molecule has 1 aromatic heterocycles. The van der Waals surface area contributed by atoms with Crippen LogP contribution in [0.1, 0.15) is 12.8 Å². The van der Waals surface area contributed by atoms with Crippen LogP contribution in [0.5, 0.6) is 0 Å². The van der Waals surface area contributed by atoms with Gasteiger partial charge in [-0.05, 0) is 18.8 Å². The van der Waals surface area contributed by atoms with Gasteiger partial charge in [0.1, 0.15) is 5.02 Å². The molecule has 0 aliphatic carbocycles. The summed E-state index contributed by atoms with van der Waals surface area (Å²) in [4.78, 5) is 0. The molecule has 8 heteroatoms. The molecule has 6 nitrogen and oxygen atoms in total. The van der Waals surface area contributed by atoms with Crippen molar-refractivity contribution in [2.75, 3.05) is 25.1 Å². The lowest BCUT2D eigenvalue weighted by Gasteiger charge is -2.30. The van der Waals surface area contributed by atoms with Gasteiger partial charge >= 0.3 is 0 Å². The minimum atomic E-state index is -3.10. The van der Waals surface area contributed by atoms with E-state index in [4.69, 9.17) is 17.3 Å². The molecular formula is C10H17ClN4O2S. The fourth-order valence-electron chi connectivity index (χ4n) is 2.25. The van der Waals surface area contributed by atoms with Crippen LogP contribution >= 0.6 is 11.6 Å². The van der Waals surface area contributed by atoms with E-state index in [1.807, 2.05) is 0 Å². The number of nitrogens with two attached hydrogens (primary N) is 1. The Bertz CT molecular complexity index is 508. The zero-order chi connectivity index (χ0) is 13.3. The van der Waals surface area contributed by atoms with Crippen molar-refractivity contribution in [2.45, 2.75) is 19.4 Å². The van der Waals surface area contributed by atoms with E-state index in [0.29, 0.717) is 30.5 Å². The third-order valence-electron chi connectivity index (χ3n) is 3.14. The van der Waals surface area contributed by atoms with E-state index in [0.717, 1.165) is 12.8 Å². The maximum absolute atomic E-state index is 11.5. The number of sulfonamides is 1. The molecule has 1 aliphatic heterocycles. The molecule has 0 spiro atoms. The highest BCUT2D eigenvalue weighted by atomic mass is 35.5. The van der Waals surface area contributed by atoms with Crippen molar-refractivity contribution in [2.24, 2.45) is 5.92 Å². The predicted octanol–water partition coefficient (Wildman–Crippen LogP) is 0.790. The molecule has 2 rings (SSSR count). The van der Waals surface area contributed by atoms with E-state index in [1.54, 1.807) is 10.9 Å². The van der Waals surface area contributed by atoms with Crippen molar-refractivity contribution >= 4 is 27.4 Å². The fraction of sp³-hybridized carbons (Fsp3) is 0.700. The zero-order valence-corrected chi connectivity index (χ0v) is 11.8. The Morgan fingerprint density at radius 3 is 2.89 bits per heavy atom. The molecule has 102 valence electrons. The third-order valence-corrected chi connectivity index (χ3v) is 4.70. The molecule has 0 bridgehead atoms. The molecule has 1 fully saturated rings. The number of nitrogen functional groups attached to an aromatic ring is 1. The topological polar surface area (TPSA) is 81.2 Å². The SMILES string of the molecule is CS(=O)(=O)N1CCCC(Cn2cc(Cl)c(N)n2)C1. The van der Waals surface area contributed by atoms with Gasteiger partial charge in [0, 0.05) is 25.8 Å². The van der Waals surface area contributed by atoms with Crippen LogP contribution < -0.4 is 5.73 Å². The summed E-state index contributed by atoms with van der Waals surface area (Å²) < 4.78 is 26.2. The highest BCUT2D eigenvalue weighted by Gasteiger charge is 2.26. The number of aromatic nitrogens is 2. The number of halogens is 1. The van der Waals surface area contributed by atoms with Crippen LogP contribution in [0.15, 0.2) is 6.20 Å². The number of hydrogen-bond acceptors (Lipinski definition) is 4. The number of hydrogen-bond donors (Lipinski definition) is 1. The first-order valence-corrected chi connectivity index (χ1v) is 8.02. The van der Waals surface area contributed by atoms with E-state index < -0.39 is 10.0 Å². The third kappa shape index (κ3) is 3.15. The van der Waals surface area contributed by atoms with Gasteiger partial charge in [0.25, 0.3) is 0 Å². The van der Waals surface area contributed by atoms with Crippen LogP contribution in [0.3, 0.4) is 0 Å². The second kappa shape index (κ2) is 5.07. The van der Waals surface area contributed by atoms with Crippen molar-refractivity contribution in [3.8, 4) is 0 Å². The lowest BCUT2D eigenvalue weighted by atomic mass is 10.00. The smallest absolute Gasteiger partial charge is 0.211 e. The molecule has 1 atom stereocenters.